The molecule has 0 aromatic carbocycles. The summed E-state index contributed by atoms with van der Waals surface area (Å²) >= 11 is 3.29. The molecule has 1 saturated heterocycles. The van der Waals surface area contributed by atoms with Gasteiger partial charge in [-0.05, 0) is 28.8 Å². The normalized spacial score (nSPS) is 19.2. The molecule has 3 N–H and O–H groups in total. The molecule has 3 heterocycles. The molecule has 0 spiro atoms. The summed E-state index contributed by atoms with van der Waals surface area (Å²) in [5.74, 6) is 1.05. The Kier molecular flexibility index (Phi) is 2.81. The van der Waals surface area contributed by atoms with Crippen molar-refractivity contribution >= 4 is 33.4 Å². The molecule has 1 aliphatic heterocycles. The molecule has 1 atom stereocenters. The van der Waals surface area contributed by atoms with Crippen molar-refractivity contribution in [2.75, 3.05) is 12.3 Å². The van der Waals surface area contributed by atoms with Crippen LogP contribution in [0, 0.1) is 0 Å². The van der Waals surface area contributed by atoms with Gasteiger partial charge < -0.3 is 10.8 Å². The molecular weight excluding hydrogens is 314 g/mol. The fourth-order valence-corrected chi connectivity index (χ4v) is 2.91. The van der Waals surface area contributed by atoms with Gasteiger partial charge >= 0.3 is 6.09 Å². The van der Waals surface area contributed by atoms with Gasteiger partial charge in [0.05, 0.1) is 12.2 Å². The van der Waals surface area contributed by atoms with Crippen molar-refractivity contribution in [3.63, 3.8) is 0 Å². The number of amides is 1. The predicted octanol–water partition coefficient (Wildman–Crippen LogP) is 1.89. The zero-order chi connectivity index (χ0) is 13.6. The van der Waals surface area contributed by atoms with E-state index in [-0.39, 0.29) is 6.04 Å². The van der Waals surface area contributed by atoms with Crippen LogP contribution >= 0.6 is 15.9 Å². The Hall–Kier alpha value is -1.83. The second kappa shape index (κ2) is 4.37. The smallest absolute Gasteiger partial charge is 0.407 e. The number of likely N-dealkylation sites (tertiary alicyclic amines) is 1. The number of carboxylic acid groups (broad SMARTS) is 1. The molecule has 0 aliphatic carbocycles. The van der Waals surface area contributed by atoms with Crippen LogP contribution in [0.3, 0.4) is 0 Å². The molecule has 7 nitrogen and oxygen atoms in total. The highest BCUT2D eigenvalue weighted by atomic mass is 79.9. The summed E-state index contributed by atoms with van der Waals surface area (Å²) < 4.78 is 2.40. The fraction of sp³-hybridized carbons (Fsp3) is 0.364. The van der Waals surface area contributed by atoms with Crippen LogP contribution < -0.4 is 5.73 Å². The van der Waals surface area contributed by atoms with Gasteiger partial charge in [0.15, 0.2) is 5.82 Å². The van der Waals surface area contributed by atoms with Gasteiger partial charge in [0.25, 0.3) is 0 Å². The first-order valence-corrected chi connectivity index (χ1v) is 6.66. The van der Waals surface area contributed by atoms with Gasteiger partial charge in [-0.15, -0.1) is 0 Å². The number of nitrogen functional groups attached to an aromatic ring is 1. The average Bonchev–Trinajstić information content (AvgIpc) is 2.93. The Balaban J connectivity index is 2.13. The topological polar surface area (TPSA) is 96.8 Å². The molecule has 1 aliphatic rings. The van der Waals surface area contributed by atoms with E-state index in [0.717, 1.165) is 12.8 Å². The lowest BCUT2D eigenvalue weighted by atomic mass is 10.2. The van der Waals surface area contributed by atoms with Crippen LogP contribution in [0.15, 0.2) is 17.0 Å². The van der Waals surface area contributed by atoms with Gasteiger partial charge in [-0.3, -0.25) is 9.30 Å². The Morgan fingerprint density at radius 3 is 3.11 bits per heavy atom. The third kappa shape index (κ3) is 1.92. The zero-order valence-corrected chi connectivity index (χ0v) is 11.5. The number of anilines is 1. The molecule has 3 rings (SSSR count). The van der Waals surface area contributed by atoms with Crippen LogP contribution in [-0.4, -0.2) is 37.0 Å². The van der Waals surface area contributed by atoms with E-state index in [1.807, 2.05) is 0 Å². The predicted molar refractivity (Wildman–Crippen MR) is 71.8 cm³/mol. The summed E-state index contributed by atoms with van der Waals surface area (Å²) in [6.45, 7) is 0.538. The SMILES string of the molecule is Nc1nc(Br)cn2c(C3CCCN3C(=O)O)ncc12. The van der Waals surface area contributed by atoms with Crippen LogP contribution in [0.25, 0.3) is 5.52 Å². The van der Waals surface area contributed by atoms with E-state index in [9.17, 15) is 9.90 Å². The first kappa shape index (κ1) is 12.2. The van der Waals surface area contributed by atoms with Gasteiger partial charge in [-0.2, -0.15) is 0 Å². The molecule has 0 saturated carbocycles. The van der Waals surface area contributed by atoms with Crippen molar-refractivity contribution in [3.05, 3.63) is 22.8 Å². The maximum Gasteiger partial charge on any atom is 0.407 e. The molecule has 2 aromatic rings. The minimum Gasteiger partial charge on any atom is -0.465 e. The maximum atomic E-state index is 11.2. The van der Waals surface area contributed by atoms with E-state index in [1.54, 1.807) is 16.8 Å². The Morgan fingerprint density at radius 1 is 1.58 bits per heavy atom. The second-order valence-electron chi connectivity index (χ2n) is 4.45. The van der Waals surface area contributed by atoms with Gasteiger partial charge in [0.1, 0.15) is 15.9 Å². The van der Waals surface area contributed by atoms with Crippen molar-refractivity contribution in [1.29, 1.82) is 0 Å². The summed E-state index contributed by atoms with van der Waals surface area (Å²) in [4.78, 5) is 21.1. The summed E-state index contributed by atoms with van der Waals surface area (Å²) in [5, 5.41) is 9.21. The molecule has 0 radical (unpaired) electrons. The van der Waals surface area contributed by atoms with E-state index in [0.29, 0.717) is 28.3 Å². The van der Waals surface area contributed by atoms with E-state index in [4.69, 9.17) is 5.73 Å². The molecule has 1 unspecified atom stereocenters. The number of aromatic nitrogens is 3. The summed E-state index contributed by atoms with van der Waals surface area (Å²) in [7, 11) is 0. The van der Waals surface area contributed by atoms with Crippen molar-refractivity contribution in [3.8, 4) is 0 Å². The minimum atomic E-state index is -0.916. The minimum absolute atomic E-state index is 0.228. The highest BCUT2D eigenvalue weighted by Crippen LogP contribution is 2.32. The number of nitrogens with two attached hydrogens (primary N) is 1. The van der Waals surface area contributed by atoms with E-state index < -0.39 is 6.09 Å². The van der Waals surface area contributed by atoms with E-state index in [1.165, 1.54) is 4.90 Å². The Bertz CT molecular complexity index is 656. The van der Waals surface area contributed by atoms with Gasteiger partial charge in [0.2, 0.25) is 0 Å². The van der Waals surface area contributed by atoms with Gasteiger partial charge in [0, 0.05) is 12.7 Å². The zero-order valence-electron chi connectivity index (χ0n) is 9.95. The number of halogens is 1. The number of hydrogen-bond acceptors (Lipinski definition) is 4. The molecule has 0 bridgehead atoms. The number of rotatable bonds is 1. The third-order valence-corrected chi connectivity index (χ3v) is 3.73. The van der Waals surface area contributed by atoms with E-state index in [2.05, 4.69) is 25.9 Å². The molecule has 2 aromatic heterocycles. The monoisotopic (exact) mass is 325 g/mol. The Labute approximate surface area is 117 Å². The highest BCUT2D eigenvalue weighted by Gasteiger charge is 2.32. The van der Waals surface area contributed by atoms with Crippen LogP contribution in [-0.2, 0) is 0 Å². The first-order chi connectivity index (χ1) is 9.08. The standard InChI is InChI=1S/C11H12BrN5O2/c12-8-5-17-7(9(13)15-8)4-14-10(17)6-2-1-3-16(6)11(18)19/h4-6H,1-3H2,(H2,13,15)(H,18,19). The summed E-state index contributed by atoms with van der Waals surface area (Å²) in [5.41, 5.74) is 6.52. The average molecular weight is 326 g/mol. The van der Waals surface area contributed by atoms with Crippen molar-refractivity contribution < 1.29 is 9.90 Å². The molecule has 100 valence electrons. The number of nitrogens with zero attached hydrogens (tertiary/aromatic N) is 4. The summed E-state index contributed by atoms with van der Waals surface area (Å²) in [6.07, 6.45) is 4.08. The van der Waals surface area contributed by atoms with Gasteiger partial charge in [-0.1, -0.05) is 0 Å². The molecule has 1 amide bonds. The molecular formula is C11H12BrN5O2. The van der Waals surface area contributed by atoms with Gasteiger partial charge in [-0.25, -0.2) is 14.8 Å². The fourth-order valence-electron chi connectivity index (χ4n) is 2.52. The summed E-state index contributed by atoms with van der Waals surface area (Å²) in [6, 6.07) is -0.228. The van der Waals surface area contributed by atoms with Crippen LogP contribution in [0.2, 0.25) is 0 Å². The number of imidazole rings is 1. The quantitative estimate of drug-likeness (QED) is 0.834. The lowest BCUT2D eigenvalue weighted by molar-refractivity contribution is 0.138. The largest absolute Gasteiger partial charge is 0.465 e. The van der Waals surface area contributed by atoms with Crippen molar-refractivity contribution in [2.45, 2.75) is 18.9 Å². The number of hydrogen-bond donors (Lipinski definition) is 2. The second-order valence-corrected chi connectivity index (χ2v) is 5.27. The number of carbonyl (C=O) groups is 1. The van der Waals surface area contributed by atoms with Crippen LogP contribution in [0.4, 0.5) is 10.6 Å². The third-order valence-electron chi connectivity index (χ3n) is 3.35. The van der Waals surface area contributed by atoms with Crippen LogP contribution in [0.5, 0.6) is 0 Å². The highest BCUT2D eigenvalue weighted by molar-refractivity contribution is 9.10. The maximum absolute atomic E-state index is 11.2. The lowest BCUT2D eigenvalue weighted by Gasteiger charge is -2.20. The van der Waals surface area contributed by atoms with Crippen LogP contribution in [0.1, 0.15) is 24.7 Å². The number of fused-ring (bicyclic) bond motifs is 1. The molecule has 1 fully saturated rings. The Morgan fingerprint density at radius 2 is 2.37 bits per heavy atom. The van der Waals surface area contributed by atoms with Crippen molar-refractivity contribution in [2.24, 2.45) is 0 Å². The first-order valence-electron chi connectivity index (χ1n) is 5.86. The molecule has 8 heteroatoms. The van der Waals surface area contributed by atoms with E-state index >= 15 is 0 Å². The van der Waals surface area contributed by atoms with Crippen molar-refractivity contribution in [1.82, 2.24) is 19.3 Å². The molecule has 19 heavy (non-hydrogen) atoms. The lowest BCUT2D eigenvalue weighted by Crippen LogP contribution is -2.29.